The van der Waals surface area contributed by atoms with Crippen molar-refractivity contribution in [3.63, 3.8) is 0 Å². The van der Waals surface area contributed by atoms with Crippen molar-refractivity contribution in [2.75, 3.05) is 10.7 Å². The second-order valence-electron chi connectivity index (χ2n) is 11.7. The van der Waals surface area contributed by atoms with Crippen LogP contribution in [0.5, 0.6) is 0 Å². The normalized spacial score (nSPS) is 11.6. The van der Waals surface area contributed by atoms with Gasteiger partial charge in [-0.3, -0.25) is 0 Å². The molecular formula is C39H38Br4N2. The number of nitrogens with zero attached hydrogens (tertiary/aromatic N) is 2. The van der Waals surface area contributed by atoms with Crippen molar-refractivity contribution < 1.29 is 0 Å². The maximum absolute atomic E-state index is 3.68. The van der Waals surface area contributed by atoms with Crippen molar-refractivity contribution >= 4 is 85.5 Å². The Morgan fingerprint density at radius 3 is 1.24 bits per heavy atom. The molecule has 0 atom stereocenters. The third-order valence-electron chi connectivity index (χ3n) is 8.77. The first kappa shape index (κ1) is 32.8. The molecule has 6 rings (SSSR count). The van der Waals surface area contributed by atoms with Gasteiger partial charge in [0, 0.05) is 60.9 Å². The summed E-state index contributed by atoms with van der Waals surface area (Å²) in [7, 11) is 0. The van der Waals surface area contributed by atoms with Gasteiger partial charge in [-0.25, -0.2) is 0 Å². The van der Waals surface area contributed by atoms with Gasteiger partial charge in [0.15, 0.2) is 0 Å². The fourth-order valence-electron chi connectivity index (χ4n) is 6.71. The molecular weight excluding hydrogens is 816 g/mol. The van der Waals surface area contributed by atoms with Crippen LogP contribution in [0, 0.1) is 0 Å². The van der Waals surface area contributed by atoms with E-state index in [-0.39, 0.29) is 0 Å². The van der Waals surface area contributed by atoms with Crippen LogP contribution in [-0.2, 0) is 19.5 Å². The van der Waals surface area contributed by atoms with Gasteiger partial charge in [0.2, 0.25) is 0 Å². The highest BCUT2D eigenvalue weighted by atomic mass is 79.9. The number of aromatic nitrogens is 2. The molecule has 45 heavy (non-hydrogen) atoms. The number of para-hydroxylation sites is 2. The van der Waals surface area contributed by atoms with E-state index in [0.717, 1.165) is 52.0 Å². The van der Waals surface area contributed by atoms with Gasteiger partial charge < -0.3 is 9.13 Å². The van der Waals surface area contributed by atoms with E-state index in [1.54, 1.807) is 0 Å². The second kappa shape index (κ2) is 15.6. The predicted octanol–water partition coefficient (Wildman–Crippen LogP) is 13.2. The lowest BCUT2D eigenvalue weighted by Gasteiger charge is -2.15. The van der Waals surface area contributed by atoms with Gasteiger partial charge in [-0.15, -0.1) is 0 Å². The molecule has 2 heterocycles. The fourth-order valence-corrected chi connectivity index (χ4v) is 8.03. The quantitative estimate of drug-likeness (QED) is 0.0763. The molecule has 232 valence electrons. The van der Waals surface area contributed by atoms with E-state index in [0.29, 0.717) is 0 Å². The largest absolute Gasteiger partial charge is 0.340 e. The third-order valence-corrected chi connectivity index (χ3v) is 10.9. The lowest BCUT2D eigenvalue weighted by molar-refractivity contribution is 0.621. The zero-order chi connectivity index (χ0) is 31.2. The van der Waals surface area contributed by atoms with E-state index < -0.39 is 0 Å². The number of rotatable bonds is 14. The van der Waals surface area contributed by atoms with Crippen LogP contribution in [-0.4, -0.2) is 19.8 Å². The molecule has 0 aliphatic rings. The molecule has 0 aliphatic carbocycles. The molecule has 0 saturated carbocycles. The zero-order valence-corrected chi connectivity index (χ0v) is 31.8. The summed E-state index contributed by atoms with van der Waals surface area (Å²) in [5.74, 6) is 0. The minimum absolute atomic E-state index is 0.862. The Morgan fingerprint density at radius 1 is 0.444 bits per heavy atom. The summed E-state index contributed by atoms with van der Waals surface area (Å²) in [6, 6.07) is 35.9. The molecule has 2 nitrogen and oxygen atoms in total. The second-order valence-corrected chi connectivity index (χ2v) is 15.1. The van der Waals surface area contributed by atoms with E-state index in [4.69, 9.17) is 0 Å². The molecule has 0 radical (unpaired) electrons. The van der Waals surface area contributed by atoms with Gasteiger partial charge in [0.25, 0.3) is 0 Å². The van der Waals surface area contributed by atoms with Crippen LogP contribution in [0.25, 0.3) is 44.3 Å². The SMILES string of the molecule is BrCCCCCn1c(-c2ccc(Br)cc2)c(Cc2c(-c3ccc(Br)cc3)n(CCCCCBr)c3ccccc23)c2ccccc21. The molecule has 0 N–H and O–H groups in total. The van der Waals surface area contributed by atoms with Crippen molar-refractivity contribution in [3.8, 4) is 22.5 Å². The van der Waals surface area contributed by atoms with Crippen LogP contribution in [0.3, 0.4) is 0 Å². The average molecular weight is 854 g/mol. The van der Waals surface area contributed by atoms with Gasteiger partial charge in [-0.1, -0.05) is 137 Å². The van der Waals surface area contributed by atoms with Crippen LogP contribution in [0.1, 0.15) is 49.7 Å². The first-order valence-corrected chi connectivity index (χ1v) is 19.8. The monoisotopic (exact) mass is 850 g/mol. The Hall–Kier alpha value is -2.12. The number of benzene rings is 4. The van der Waals surface area contributed by atoms with Crippen LogP contribution >= 0.6 is 63.7 Å². The van der Waals surface area contributed by atoms with Crippen molar-refractivity contribution in [2.45, 2.75) is 58.0 Å². The smallest absolute Gasteiger partial charge is 0.0527 e. The molecule has 4 aromatic carbocycles. The minimum atomic E-state index is 0.862. The summed E-state index contributed by atoms with van der Waals surface area (Å²) >= 11 is 14.6. The highest BCUT2D eigenvalue weighted by Gasteiger charge is 2.24. The highest BCUT2D eigenvalue weighted by molar-refractivity contribution is 9.11. The molecule has 0 fully saturated rings. The summed E-state index contributed by atoms with van der Waals surface area (Å²) in [6.45, 7) is 2.02. The van der Waals surface area contributed by atoms with E-state index in [1.165, 1.54) is 81.1 Å². The fraction of sp³-hybridized carbons (Fsp3) is 0.282. The van der Waals surface area contributed by atoms with Gasteiger partial charge in [-0.05, 0) is 84.3 Å². The number of alkyl halides is 2. The Bertz CT molecular complexity index is 1730. The van der Waals surface area contributed by atoms with Crippen molar-refractivity contribution in [2.24, 2.45) is 0 Å². The molecule has 0 aliphatic heterocycles. The molecule has 6 aromatic rings. The Morgan fingerprint density at radius 2 is 0.844 bits per heavy atom. The third kappa shape index (κ3) is 7.25. The van der Waals surface area contributed by atoms with Gasteiger partial charge in [0.05, 0.1) is 11.4 Å². The van der Waals surface area contributed by atoms with Gasteiger partial charge in [0.1, 0.15) is 0 Å². The highest BCUT2D eigenvalue weighted by Crippen LogP contribution is 2.41. The lowest BCUT2D eigenvalue weighted by Crippen LogP contribution is -2.04. The topological polar surface area (TPSA) is 9.86 Å². The number of unbranched alkanes of at least 4 members (excludes halogenated alkanes) is 4. The standard InChI is InChI=1S/C39H38Br4N2/c40-23-7-1-9-25-44-36-13-5-3-11-32(36)34(38(44)28-15-19-30(42)20-16-28)27-35-33-12-4-6-14-37(33)45(26-10-2-8-24-41)39(35)29-17-21-31(43)22-18-29/h3-6,11-22H,1-2,7-10,23-27H2. The first-order valence-electron chi connectivity index (χ1n) is 15.9. The molecule has 0 bridgehead atoms. The van der Waals surface area contributed by atoms with Crippen molar-refractivity contribution in [1.29, 1.82) is 0 Å². The number of fused-ring (bicyclic) bond motifs is 2. The summed E-state index contributed by atoms with van der Waals surface area (Å²) in [6.07, 6.45) is 8.00. The zero-order valence-electron chi connectivity index (χ0n) is 25.4. The van der Waals surface area contributed by atoms with Crippen LogP contribution < -0.4 is 0 Å². The lowest BCUT2D eigenvalue weighted by atomic mass is 9.94. The van der Waals surface area contributed by atoms with Crippen molar-refractivity contribution in [3.05, 3.63) is 117 Å². The van der Waals surface area contributed by atoms with Gasteiger partial charge in [-0.2, -0.15) is 0 Å². The molecule has 6 heteroatoms. The van der Waals surface area contributed by atoms with Gasteiger partial charge >= 0.3 is 0 Å². The van der Waals surface area contributed by atoms with E-state index in [9.17, 15) is 0 Å². The number of hydrogen-bond acceptors (Lipinski definition) is 0. The number of hydrogen-bond donors (Lipinski definition) is 0. The molecule has 0 saturated heterocycles. The first-order chi connectivity index (χ1) is 22.1. The molecule has 2 aromatic heterocycles. The van der Waals surface area contributed by atoms with Crippen LogP contribution in [0.15, 0.2) is 106 Å². The Kier molecular flexibility index (Phi) is 11.4. The average Bonchev–Trinajstić information content (AvgIpc) is 3.54. The minimum Gasteiger partial charge on any atom is -0.340 e. The molecule has 0 amide bonds. The van der Waals surface area contributed by atoms with Crippen LogP contribution in [0.4, 0.5) is 0 Å². The van der Waals surface area contributed by atoms with Crippen LogP contribution in [0.2, 0.25) is 0 Å². The summed E-state index contributed by atoms with van der Waals surface area (Å²) in [4.78, 5) is 0. The van der Waals surface area contributed by atoms with E-state index in [1.807, 2.05) is 0 Å². The summed E-state index contributed by atoms with van der Waals surface area (Å²) in [5.41, 5.74) is 10.7. The maximum atomic E-state index is 3.68. The molecule has 0 spiro atoms. The maximum Gasteiger partial charge on any atom is 0.0527 e. The van der Waals surface area contributed by atoms with Crippen molar-refractivity contribution in [1.82, 2.24) is 9.13 Å². The summed E-state index contributed by atoms with van der Waals surface area (Å²) < 4.78 is 7.41. The Labute approximate surface area is 300 Å². The summed E-state index contributed by atoms with van der Waals surface area (Å²) in [5, 5.41) is 4.82. The molecule has 0 unspecified atom stereocenters. The van der Waals surface area contributed by atoms with E-state index in [2.05, 4.69) is 170 Å². The van der Waals surface area contributed by atoms with E-state index >= 15 is 0 Å². The number of aryl methyl sites for hydroxylation is 2. The predicted molar refractivity (Wildman–Crippen MR) is 208 cm³/mol. The number of halogens is 4. The Balaban J connectivity index is 1.58.